The van der Waals surface area contributed by atoms with Crippen molar-refractivity contribution in [1.29, 1.82) is 0 Å². The molecule has 0 fully saturated rings. The number of carbonyl (C=O) groups excluding carboxylic acids is 3. The van der Waals surface area contributed by atoms with E-state index in [4.69, 9.17) is 5.21 Å². The maximum Gasteiger partial charge on any atom is 0.267 e. The van der Waals surface area contributed by atoms with Crippen LogP contribution in [0.25, 0.3) is 17.0 Å². The first-order valence-corrected chi connectivity index (χ1v) is 11.9. The molecule has 1 aromatic heterocycles. The van der Waals surface area contributed by atoms with Crippen molar-refractivity contribution in [2.45, 2.75) is 52.5 Å². The summed E-state index contributed by atoms with van der Waals surface area (Å²) in [6.07, 6.45) is 3.22. The number of aromatic nitrogens is 1. The fourth-order valence-electron chi connectivity index (χ4n) is 3.82. The van der Waals surface area contributed by atoms with E-state index in [9.17, 15) is 14.4 Å². The van der Waals surface area contributed by atoms with E-state index in [0.29, 0.717) is 23.4 Å². The SMILES string of the molecule is CC(C)CC(NC(=O)c1ccc(C(C)(C)C)cc1)C(=O)Nc1ccc2[nH]c(/C=C/C(=O)NO)cc2c1. The van der Waals surface area contributed by atoms with E-state index in [1.165, 1.54) is 17.6 Å². The number of hydrogen-bond acceptors (Lipinski definition) is 4. The number of hydroxylamine groups is 1. The molecule has 5 N–H and O–H groups in total. The number of H-pyrrole nitrogens is 1. The molecule has 0 saturated heterocycles. The van der Waals surface area contributed by atoms with Crippen LogP contribution in [0, 0.1) is 5.92 Å². The van der Waals surface area contributed by atoms with E-state index >= 15 is 0 Å². The standard InChI is InChI=1S/C28H34N4O4/c1-17(2)14-24(31-26(34)18-6-8-20(9-7-18)28(3,4)5)27(35)30-22-10-12-23-19(16-22)15-21(29-23)11-13-25(33)32-36/h6-13,15-17,24,29,36H,14H2,1-5H3,(H,30,35)(H,31,34)(H,32,33)/b13-11+. The maximum absolute atomic E-state index is 13.1. The van der Waals surface area contributed by atoms with Crippen LogP contribution in [-0.2, 0) is 15.0 Å². The Kier molecular flexibility index (Phi) is 8.32. The minimum Gasteiger partial charge on any atom is -0.355 e. The highest BCUT2D eigenvalue weighted by Crippen LogP contribution is 2.23. The molecule has 0 aliphatic rings. The summed E-state index contributed by atoms with van der Waals surface area (Å²) in [6.45, 7) is 10.3. The van der Waals surface area contributed by atoms with Crippen LogP contribution in [0.1, 0.15) is 62.7 Å². The first-order valence-electron chi connectivity index (χ1n) is 11.9. The maximum atomic E-state index is 13.1. The van der Waals surface area contributed by atoms with Gasteiger partial charge in [0.1, 0.15) is 6.04 Å². The molecule has 2 aromatic carbocycles. The van der Waals surface area contributed by atoms with Crippen molar-refractivity contribution in [2.75, 3.05) is 5.32 Å². The highest BCUT2D eigenvalue weighted by atomic mass is 16.5. The zero-order chi connectivity index (χ0) is 26.5. The Bertz CT molecular complexity index is 1270. The van der Waals surface area contributed by atoms with Crippen LogP contribution in [0.2, 0.25) is 0 Å². The minimum atomic E-state index is -0.697. The van der Waals surface area contributed by atoms with Gasteiger partial charge < -0.3 is 15.6 Å². The average Bonchev–Trinajstić information content (AvgIpc) is 3.23. The molecule has 0 spiro atoms. The van der Waals surface area contributed by atoms with Crippen LogP contribution >= 0.6 is 0 Å². The number of fused-ring (bicyclic) bond motifs is 1. The van der Waals surface area contributed by atoms with Gasteiger partial charge in [0.25, 0.3) is 11.8 Å². The second-order valence-electron chi connectivity index (χ2n) is 10.3. The van der Waals surface area contributed by atoms with Gasteiger partial charge in [-0.15, -0.1) is 0 Å². The smallest absolute Gasteiger partial charge is 0.267 e. The van der Waals surface area contributed by atoms with Gasteiger partial charge in [0.15, 0.2) is 0 Å². The van der Waals surface area contributed by atoms with E-state index in [1.807, 2.05) is 44.2 Å². The Morgan fingerprint density at radius 2 is 1.72 bits per heavy atom. The highest BCUT2D eigenvalue weighted by molar-refractivity contribution is 6.02. The van der Waals surface area contributed by atoms with Crippen molar-refractivity contribution in [3.63, 3.8) is 0 Å². The van der Waals surface area contributed by atoms with Gasteiger partial charge >= 0.3 is 0 Å². The Morgan fingerprint density at radius 1 is 1.03 bits per heavy atom. The van der Waals surface area contributed by atoms with Gasteiger partial charge in [0.05, 0.1) is 0 Å². The Balaban J connectivity index is 1.73. The molecule has 0 radical (unpaired) electrons. The van der Waals surface area contributed by atoms with Crippen LogP contribution in [-0.4, -0.2) is 34.0 Å². The van der Waals surface area contributed by atoms with Crippen LogP contribution < -0.4 is 16.1 Å². The van der Waals surface area contributed by atoms with Crippen LogP contribution in [0.15, 0.2) is 54.6 Å². The number of benzene rings is 2. The molecule has 36 heavy (non-hydrogen) atoms. The van der Waals surface area contributed by atoms with Crippen molar-refractivity contribution in [3.05, 3.63) is 71.4 Å². The predicted molar refractivity (Wildman–Crippen MR) is 142 cm³/mol. The minimum absolute atomic E-state index is 0.0131. The first kappa shape index (κ1) is 26.7. The molecule has 0 bridgehead atoms. The van der Waals surface area contributed by atoms with Crippen molar-refractivity contribution in [2.24, 2.45) is 5.92 Å². The lowest BCUT2D eigenvalue weighted by Gasteiger charge is -2.21. The summed E-state index contributed by atoms with van der Waals surface area (Å²) in [5.41, 5.74) is 5.24. The third-order valence-electron chi connectivity index (χ3n) is 5.78. The molecule has 1 atom stereocenters. The lowest BCUT2D eigenvalue weighted by molar-refractivity contribution is -0.124. The fraction of sp³-hybridized carbons (Fsp3) is 0.321. The van der Waals surface area contributed by atoms with E-state index in [0.717, 1.165) is 16.5 Å². The summed E-state index contributed by atoms with van der Waals surface area (Å²) in [7, 11) is 0. The molecule has 8 nitrogen and oxygen atoms in total. The van der Waals surface area contributed by atoms with E-state index in [1.54, 1.807) is 18.2 Å². The Labute approximate surface area is 211 Å². The van der Waals surface area contributed by atoms with Gasteiger partial charge in [0.2, 0.25) is 5.91 Å². The summed E-state index contributed by atoms with van der Waals surface area (Å²) >= 11 is 0. The number of rotatable bonds is 8. The zero-order valence-corrected chi connectivity index (χ0v) is 21.3. The van der Waals surface area contributed by atoms with Crippen molar-refractivity contribution >= 4 is 40.4 Å². The predicted octanol–water partition coefficient (Wildman–Crippen LogP) is 4.77. The van der Waals surface area contributed by atoms with Crippen LogP contribution in [0.4, 0.5) is 5.69 Å². The quantitative estimate of drug-likeness (QED) is 0.177. The van der Waals surface area contributed by atoms with Crippen LogP contribution in [0.5, 0.6) is 0 Å². The van der Waals surface area contributed by atoms with Crippen LogP contribution in [0.3, 0.4) is 0 Å². The lowest BCUT2D eigenvalue weighted by atomic mass is 9.86. The molecule has 190 valence electrons. The van der Waals surface area contributed by atoms with Gasteiger partial charge in [-0.05, 0) is 65.8 Å². The third-order valence-corrected chi connectivity index (χ3v) is 5.78. The van der Waals surface area contributed by atoms with Crippen molar-refractivity contribution in [3.8, 4) is 0 Å². The number of anilines is 1. The molecule has 8 heteroatoms. The summed E-state index contributed by atoms with van der Waals surface area (Å²) in [6, 6.07) is 14.0. The second-order valence-corrected chi connectivity index (χ2v) is 10.3. The van der Waals surface area contributed by atoms with Crippen molar-refractivity contribution < 1.29 is 19.6 Å². The van der Waals surface area contributed by atoms with Gasteiger partial charge in [-0.1, -0.05) is 46.8 Å². The monoisotopic (exact) mass is 490 g/mol. The second kappa shape index (κ2) is 11.2. The molecule has 3 aromatic rings. The lowest BCUT2D eigenvalue weighted by Crippen LogP contribution is -2.44. The summed E-state index contributed by atoms with van der Waals surface area (Å²) in [4.78, 5) is 40.4. The topological polar surface area (TPSA) is 123 Å². The number of carbonyl (C=O) groups is 3. The van der Waals surface area contributed by atoms with Gasteiger partial charge in [-0.3, -0.25) is 19.6 Å². The normalized spacial score (nSPS) is 12.6. The Hall–Kier alpha value is -3.91. The zero-order valence-electron chi connectivity index (χ0n) is 21.3. The molecule has 0 aliphatic heterocycles. The molecule has 1 heterocycles. The molecule has 3 rings (SSSR count). The summed E-state index contributed by atoms with van der Waals surface area (Å²) in [5, 5.41) is 15.2. The number of amides is 3. The van der Waals surface area contributed by atoms with E-state index in [2.05, 4.69) is 36.4 Å². The van der Waals surface area contributed by atoms with E-state index in [-0.39, 0.29) is 23.1 Å². The molecular formula is C28H34N4O4. The third kappa shape index (κ3) is 7.05. The molecule has 0 saturated carbocycles. The molecule has 3 amide bonds. The van der Waals surface area contributed by atoms with Crippen molar-refractivity contribution in [1.82, 2.24) is 15.8 Å². The molecule has 0 aliphatic carbocycles. The highest BCUT2D eigenvalue weighted by Gasteiger charge is 2.23. The fourth-order valence-corrected chi connectivity index (χ4v) is 3.82. The summed E-state index contributed by atoms with van der Waals surface area (Å²) < 4.78 is 0. The first-order chi connectivity index (χ1) is 17.0. The molecular weight excluding hydrogens is 456 g/mol. The van der Waals surface area contributed by atoms with Gasteiger partial charge in [-0.25, -0.2) is 5.48 Å². The number of nitrogens with one attached hydrogen (secondary N) is 4. The molecule has 1 unspecified atom stereocenters. The van der Waals surface area contributed by atoms with E-state index < -0.39 is 11.9 Å². The summed E-state index contributed by atoms with van der Waals surface area (Å²) in [5.74, 6) is -1.02. The number of hydrogen-bond donors (Lipinski definition) is 5. The average molecular weight is 491 g/mol. The largest absolute Gasteiger partial charge is 0.355 e. The number of aromatic amines is 1. The van der Waals surface area contributed by atoms with Gasteiger partial charge in [0, 0.05) is 33.9 Å². The Morgan fingerprint density at radius 3 is 2.33 bits per heavy atom. The van der Waals surface area contributed by atoms with Gasteiger partial charge in [-0.2, -0.15) is 0 Å².